The maximum absolute atomic E-state index is 13.4. The Balaban J connectivity index is 3.00. The van der Waals surface area contributed by atoms with Crippen LogP contribution in [-0.2, 0) is 0 Å². The molecule has 2 rings (SSSR count). The lowest BCUT2D eigenvalue weighted by Gasteiger charge is -2.04. The molecular formula is C9H3BrCl2FN. The lowest BCUT2D eigenvalue weighted by atomic mass is 10.2. The van der Waals surface area contributed by atoms with Gasteiger partial charge in [-0.05, 0) is 18.2 Å². The van der Waals surface area contributed by atoms with Gasteiger partial charge in [0.05, 0.1) is 5.39 Å². The minimum Gasteiger partial charge on any atom is -0.224 e. The Morgan fingerprint density at radius 3 is 2.71 bits per heavy atom. The molecular weight excluding hydrogens is 292 g/mol. The summed E-state index contributed by atoms with van der Waals surface area (Å²) >= 11 is 14.8. The molecule has 0 amide bonds. The average molecular weight is 295 g/mol. The highest BCUT2D eigenvalue weighted by molar-refractivity contribution is 9.10. The van der Waals surface area contributed by atoms with Gasteiger partial charge in [0.25, 0.3) is 0 Å². The highest BCUT2D eigenvalue weighted by Crippen LogP contribution is 2.32. The molecule has 0 fully saturated rings. The Kier molecular flexibility index (Phi) is 2.64. The van der Waals surface area contributed by atoms with E-state index in [4.69, 9.17) is 23.2 Å². The van der Waals surface area contributed by atoms with Crippen LogP contribution < -0.4 is 0 Å². The van der Waals surface area contributed by atoms with E-state index in [1.54, 1.807) is 12.1 Å². The largest absolute Gasteiger partial charge is 0.224 e. The van der Waals surface area contributed by atoms with E-state index in [2.05, 4.69) is 20.9 Å². The van der Waals surface area contributed by atoms with Crippen molar-refractivity contribution in [1.82, 2.24) is 4.98 Å². The Bertz CT molecular complexity index is 516. The third kappa shape index (κ3) is 1.60. The summed E-state index contributed by atoms with van der Waals surface area (Å²) in [4.78, 5) is 3.77. The summed E-state index contributed by atoms with van der Waals surface area (Å²) in [5, 5.41) is 1.22. The van der Waals surface area contributed by atoms with Gasteiger partial charge in [0.15, 0.2) is 0 Å². The van der Waals surface area contributed by atoms with Crippen molar-refractivity contribution < 1.29 is 4.39 Å². The monoisotopic (exact) mass is 293 g/mol. The van der Waals surface area contributed by atoms with Crippen molar-refractivity contribution in [2.45, 2.75) is 0 Å². The summed E-state index contributed by atoms with van der Waals surface area (Å²) in [6, 6.07) is 4.49. The average Bonchev–Trinajstić information content (AvgIpc) is 2.10. The summed E-state index contributed by atoms with van der Waals surface area (Å²) in [5.41, 5.74) is 0. The van der Waals surface area contributed by atoms with Crippen LogP contribution in [0.5, 0.6) is 0 Å². The van der Waals surface area contributed by atoms with Crippen LogP contribution in [0, 0.1) is 5.82 Å². The minimum absolute atomic E-state index is 0.0753. The zero-order valence-electron chi connectivity index (χ0n) is 6.69. The SMILES string of the molecule is Fc1ccc(Br)c2cc(Cl)nc(Cl)c12. The summed E-state index contributed by atoms with van der Waals surface area (Å²) < 4.78 is 14.1. The number of hydrogen-bond acceptors (Lipinski definition) is 1. The van der Waals surface area contributed by atoms with Gasteiger partial charge in [0, 0.05) is 9.86 Å². The van der Waals surface area contributed by atoms with Crippen LogP contribution in [0.2, 0.25) is 10.3 Å². The number of nitrogens with zero attached hydrogens (tertiary/aromatic N) is 1. The summed E-state index contributed by atoms with van der Waals surface area (Å²) in [7, 11) is 0. The zero-order valence-corrected chi connectivity index (χ0v) is 9.79. The van der Waals surface area contributed by atoms with Gasteiger partial charge < -0.3 is 0 Å². The van der Waals surface area contributed by atoms with Crippen molar-refractivity contribution in [1.29, 1.82) is 0 Å². The molecule has 0 bridgehead atoms. The summed E-state index contributed by atoms with van der Waals surface area (Å²) in [6.07, 6.45) is 0. The lowest BCUT2D eigenvalue weighted by molar-refractivity contribution is 0.639. The smallest absolute Gasteiger partial charge is 0.141 e. The first-order chi connectivity index (χ1) is 6.59. The topological polar surface area (TPSA) is 12.9 Å². The molecule has 1 heterocycles. The number of aromatic nitrogens is 1. The van der Waals surface area contributed by atoms with Crippen molar-refractivity contribution in [3.05, 3.63) is 38.8 Å². The fourth-order valence-electron chi connectivity index (χ4n) is 1.22. The van der Waals surface area contributed by atoms with Crippen LogP contribution in [0.4, 0.5) is 4.39 Å². The van der Waals surface area contributed by atoms with Gasteiger partial charge in [-0.15, -0.1) is 0 Å². The molecule has 0 radical (unpaired) electrons. The van der Waals surface area contributed by atoms with Crippen molar-refractivity contribution in [3.8, 4) is 0 Å². The van der Waals surface area contributed by atoms with E-state index in [0.717, 1.165) is 4.47 Å². The van der Waals surface area contributed by atoms with E-state index in [1.165, 1.54) is 6.07 Å². The van der Waals surface area contributed by atoms with Gasteiger partial charge >= 0.3 is 0 Å². The third-order valence-electron chi connectivity index (χ3n) is 1.82. The van der Waals surface area contributed by atoms with Gasteiger partial charge in [0.2, 0.25) is 0 Å². The fourth-order valence-corrected chi connectivity index (χ4v) is 2.18. The van der Waals surface area contributed by atoms with E-state index < -0.39 is 5.82 Å². The molecule has 5 heteroatoms. The molecule has 0 spiro atoms. The normalized spacial score (nSPS) is 10.9. The summed E-state index contributed by atoms with van der Waals surface area (Å²) in [6.45, 7) is 0. The van der Waals surface area contributed by atoms with Crippen LogP contribution in [0.1, 0.15) is 0 Å². The van der Waals surface area contributed by atoms with Crippen LogP contribution in [0.15, 0.2) is 22.7 Å². The number of hydrogen-bond donors (Lipinski definition) is 0. The standard InChI is InChI=1S/C9H3BrCl2FN/c10-5-1-2-6(13)8-4(5)3-7(11)14-9(8)12/h1-3H. The Morgan fingerprint density at radius 2 is 2.00 bits per heavy atom. The molecule has 0 saturated heterocycles. The second kappa shape index (κ2) is 3.65. The predicted molar refractivity (Wildman–Crippen MR) is 59.4 cm³/mol. The second-order valence-electron chi connectivity index (χ2n) is 2.69. The van der Waals surface area contributed by atoms with E-state index in [-0.39, 0.29) is 15.7 Å². The first kappa shape index (κ1) is 10.1. The van der Waals surface area contributed by atoms with Crippen LogP contribution in [0.25, 0.3) is 10.8 Å². The molecule has 1 nitrogen and oxygen atoms in total. The highest BCUT2D eigenvalue weighted by Gasteiger charge is 2.10. The quantitative estimate of drug-likeness (QED) is 0.655. The molecule has 2 aromatic rings. The van der Waals surface area contributed by atoms with Gasteiger partial charge in [-0.1, -0.05) is 39.1 Å². The fraction of sp³-hybridized carbons (Fsp3) is 0. The van der Waals surface area contributed by atoms with Crippen molar-refractivity contribution >= 4 is 49.9 Å². The van der Waals surface area contributed by atoms with Gasteiger partial charge in [-0.25, -0.2) is 9.37 Å². The molecule has 0 aliphatic carbocycles. The first-order valence-electron chi connectivity index (χ1n) is 3.69. The number of halogens is 4. The third-order valence-corrected chi connectivity index (χ3v) is 2.97. The Labute approximate surface area is 98.0 Å². The molecule has 1 aromatic carbocycles. The lowest BCUT2D eigenvalue weighted by Crippen LogP contribution is -1.86. The number of benzene rings is 1. The van der Waals surface area contributed by atoms with Gasteiger partial charge in [0.1, 0.15) is 16.1 Å². The Hall–Kier alpha value is -0.380. The molecule has 14 heavy (non-hydrogen) atoms. The summed E-state index contributed by atoms with van der Waals surface area (Å²) in [5.74, 6) is -0.405. The van der Waals surface area contributed by atoms with Crippen LogP contribution in [-0.4, -0.2) is 4.98 Å². The molecule has 0 aliphatic heterocycles. The molecule has 0 aliphatic rings. The highest BCUT2D eigenvalue weighted by atomic mass is 79.9. The predicted octanol–water partition coefficient (Wildman–Crippen LogP) is 4.44. The van der Waals surface area contributed by atoms with Gasteiger partial charge in [-0.2, -0.15) is 0 Å². The molecule has 0 unspecified atom stereocenters. The van der Waals surface area contributed by atoms with E-state index in [0.29, 0.717) is 5.39 Å². The number of rotatable bonds is 0. The van der Waals surface area contributed by atoms with Crippen molar-refractivity contribution in [2.24, 2.45) is 0 Å². The molecule has 0 saturated carbocycles. The van der Waals surface area contributed by atoms with E-state index in [1.807, 2.05) is 0 Å². The second-order valence-corrected chi connectivity index (χ2v) is 4.29. The van der Waals surface area contributed by atoms with Crippen molar-refractivity contribution in [2.75, 3.05) is 0 Å². The van der Waals surface area contributed by atoms with Gasteiger partial charge in [-0.3, -0.25) is 0 Å². The zero-order chi connectivity index (χ0) is 10.3. The van der Waals surface area contributed by atoms with Crippen molar-refractivity contribution in [3.63, 3.8) is 0 Å². The number of pyridine rings is 1. The molecule has 0 atom stereocenters. The maximum Gasteiger partial charge on any atom is 0.141 e. The Morgan fingerprint density at radius 1 is 1.29 bits per heavy atom. The van der Waals surface area contributed by atoms with Crippen LogP contribution >= 0.6 is 39.1 Å². The van der Waals surface area contributed by atoms with E-state index >= 15 is 0 Å². The molecule has 1 aromatic heterocycles. The first-order valence-corrected chi connectivity index (χ1v) is 5.24. The van der Waals surface area contributed by atoms with E-state index in [9.17, 15) is 4.39 Å². The molecule has 0 N–H and O–H groups in total. The number of fused-ring (bicyclic) bond motifs is 1. The minimum atomic E-state index is -0.405. The van der Waals surface area contributed by atoms with Crippen LogP contribution in [0.3, 0.4) is 0 Å². The maximum atomic E-state index is 13.4. The molecule has 72 valence electrons.